The maximum atomic E-state index is 11.7. The van der Waals surface area contributed by atoms with Crippen LogP contribution in [0.25, 0.3) is 0 Å². The minimum atomic E-state index is -0.0316. The molecule has 3 nitrogen and oxygen atoms in total. The van der Waals surface area contributed by atoms with Crippen molar-refractivity contribution < 1.29 is 9.53 Å². The van der Waals surface area contributed by atoms with Crippen LogP contribution in [0.1, 0.15) is 47.6 Å². The summed E-state index contributed by atoms with van der Waals surface area (Å²) in [5.74, 6) is 0.0955. The maximum Gasteiger partial charge on any atom is 0.308 e. The van der Waals surface area contributed by atoms with Crippen LogP contribution in [0.2, 0.25) is 10.0 Å². The molecule has 158 valence electrons. The van der Waals surface area contributed by atoms with Crippen LogP contribution >= 0.6 is 23.2 Å². The summed E-state index contributed by atoms with van der Waals surface area (Å²) in [5.41, 5.74) is 5.75. The van der Waals surface area contributed by atoms with Gasteiger partial charge in [0.05, 0.1) is 13.0 Å². The van der Waals surface area contributed by atoms with Gasteiger partial charge in [0, 0.05) is 29.2 Å². The molecule has 5 rings (SSSR count). The molecule has 2 aromatic rings. The van der Waals surface area contributed by atoms with Crippen LogP contribution in [-0.4, -0.2) is 31.1 Å². The lowest BCUT2D eigenvalue weighted by molar-refractivity contribution is -0.167. The summed E-state index contributed by atoms with van der Waals surface area (Å²) >= 11 is 12.6. The summed E-state index contributed by atoms with van der Waals surface area (Å²) in [6.07, 6.45) is 6.15. The van der Waals surface area contributed by atoms with E-state index in [4.69, 9.17) is 27.9 Å². The van der Waals surface area contributed by atoms with Crippen LogP contribution in [0.4, 0.5) is 0 Å². The molecular weight excluding hydrogens is 417 g/mol. The largest absolute Gasteiger partial charge is 0.469 e. The monoisotopic (exact) mass is 443 g/mol. The highest BCUT2D eigenvalue weighted by molar-refractivity contribution is 6.35. The quantitative estimate of drug-likeness (QED) is 0.558. The smallest absolute Gasteiger partial charge is 0.308 e. The van der Waals surface area contributed by atoms with Gasteiger partial charge < -0.3 is 4.74 Å². The number of rotatable bonds is 5. The van der Waals surface area contributed by atoms with Gasteiger partial charge in [-0.05, 0) is 78.3 Å². The molecule has 0 N–H and O–H groups in total. The Morgan fingerprint density at radius 3 is 2.57 bits per heavy atom. The number of carbonyl (C=O) groups is 1. The Balaban J connectivity index is 1.20. The number of likely N-dealkylation sites (tertiary alicyclic amines) is 1. The Labute approximate surface area is 188 Å². The van der Waals surface area contributed by atoms with Crippen molar-refractivity contribution >= 4 is 29.2 Å². The average Bonchev–Trinajstić information content (AvgIpc) is 3.08. The molecule has 1 atom stereocenters. The Bertz CT molecular complexity index is 955. The number of esters is 1. The molecule has 5 heteroatoms. The molecule has 1 spiro atoms. The molecular formula is C25H27Cl2NO2. The van der Waals surface area contributed by atoms with Crippen molar-refractivity contribution in [3.8, 4) is 0 Å². The normalized spacial score (nSPS) is 22.4. The zero-order valence-corrected chi connectivity index (χ0v) is 18.8. The van der Waals surface area contributed by atoms with Crippen LogP contribution in [0, 0.1) is 11.3 Å². The number of aryl methyl sites for hydroxylation is 2. The van der Waals surface area contributed by atoms with Gasteiger partial charge in [-0.15, -0.1) is 0 Å². The first-order valence-electron chi connectivity index (χ1n) is 10.8. The molecule has 0 aromatic heterocycles. The van der Waals surface area contributed by atoms with Gasteiger partial charge in [-0.25, -0.2) is 0 Å². The standard InChI is InChI=1S/C25H27Cl2NO2/c1-30-24(29)18-12-25(13-18)14-28(15-25)23-10-7-17-11-16(5-8-19(17)23)6-9-20-21(26)3-2-4-22(20)27/h2-5,8,11,18,23H,6-7,9-10,12-15H2,1H3. The first-order chi connectivity index (χ1) is 14.5. The SMILES string of the molecule is COC(=O)C1CC2(C1)CN(C1CCc3cc(CCc4c(Cl)cccc4Cl)ccc31)C2. The van der Waals surface area contributed by atoms with E-state index in [0.29, 0.717) is 11.5 Å². The predicted octanol–water partition coefficient (Wildman–Crippen LogP) is 5.65. The van der Waals surface area contributed by atoms with E-state index in [9.17, 15) is 4.79 Å². The van der Waals surface area contributed by atoms with Crippen LogP contribution in [0.3, 0.4) is 0 Å². The Kier molecular flexibility index (Phi) is 5.33. The number of carbonyl (C=O) groups excluding carboxylic acids is 1. The third-order valence-electron chi connectivity index (χ3n) is 7.39. The van der Waals surface area contributed by atoms with Gasteiger partial charge in [-0.2, -0.15) is 0 Å². The summed E-state index contributed by atoms with van der Waals surface area (Å²) in [5, 5.41) is 1.50. The van der Waals surface area contributed by atoms with Gasteiger partial charge in [0.2, 0.25) is 0 Å². The summed E-state index contributed by atoms with van der Waals surface area (Å²) in [4.78, 5) is 14.3. The number of methoxy groups -OCH3 is 1. The van der Waals surface area contributed by atoms with Crippen LogP contribution in [0.15, 0.2) is 36.4 Å². The first-order valence-corrected chi connectivity index (χ1v) is 11.6. The van der Waals surface area contributed by atoms with Gasteiger partial charge >= 0.3 is 5.97 Å². The fraction of sp³-hybridized carbons (Fsp3) is 0.480. The number of fused-ring (bicyclic) bond motifs is 1. The van der Waals surface area contributed by atoms with E-state index in [2.05, 4.69) is 23.1 Å². The van der Waals surface area contributed by atoms with E-state index in [-0.39, 0.29) is 11.9 Å². The van der Waals surface area contributed by atoms with Gasteiger partial charge in [0.1, 0.15) is 0 Å². The lowest BCUT2D eigenvalue weighted by atomic mass is 9.57. The second-order valence-corrected chi connectivity index (χ2v) is 10.1. The highest BCUT2D eigenvalue weighted by Crippen LogP contribution is 2.55. The Morgan fingerprint density at radius 2 is 1.87 bits per heavy atom. The Morgan fingerprint density at radius 1 is 1.13 bits per heavy atom. The van der Waals surface area contributed by atoms with Gasteiger partial charge in [0.25, 0.3) is 0 Å². The van der Waals surface area contributed by atoms with Crippen LogP contribution in [0.5, 0.6) is 0 Å². The zero-order valence-electron chi connectivity index (χ0n) is 17.3. The molecule has 1 aliphatic heterocycles. The van der Waals surface area contributed by atoms with Crippen molar-refractivity contribution in [3.05, 3.63) is 68.7 Å². The fourth-order valence-corrected chi connectivity index (χ4v) is 6.42. The Hall–Kier alpha value is -1.55. The third kappa shape index (κ3) is 3.55. The third-order valence-corrected chi connectivity index (χ3v) is 8.10. The van der Waals surface area contributed by atoms with E-state index in [1.807, 2.05) is 18.2 Å². The molecule has 1 saturated carbocycles. The molecule has 1 heterocycles. The van der Waals surface area contributed by atoms with Crippen molar-refractivity contribution in [2.75, 3.05) is 20.2 Å². The number of hydrogen-bond donors (Lipinski definition) is 0. The molecule has 2 aromatic carbocycles. The highest BCUT2D eigenvalue weighted by Gasteiger charge is 2.56. The van der Waals surface area contributed by atoms with Crippen molar-refractivity contribution in [2.45, 2.75) is 44.6 Å². The summed E-state index contributed by atoms with van der Waals surface area (Å²) < 4.78 is 4.89. The molecule has 3 aliphatic rings. The summed E-state index contributed by atoms with van der Waals surface area (Å²) in [6.45, 7) is 2.24. The number of ether oxygens (including phenoxy) is 1. The van der Waals surface area contributed by atoms with Crippen molar-refractivity contribution in [1.29, 1.82) is 0 Å². The first kappa shape index (κ1) is 20.4. The van der Waals surface area contributed by atoms with Crippen molar-refractivity contribution in [2.24, 2.45) is 11.3 Å². The van der Waals surface area contributed by atoms with E-state index in [0.717, 1.165) is 60.8 Å². The molecule has 2 fully saturated rings. The molecule has 0 amide bonds. The lowest BCUT2D eigenvalue weighted by Gasteiger charge is -2.60. The molecule has 0 radical (unpaired) electrons. The van der Waals surface area contributed by atoms with Gasteiger partial charge in [-0.3, -0.25) is 9.69 Å². The lowest BCUT2D eigenvalue weighted by Crippen LogP contribution is -2.63. The van der Waals surface area contributed by atoms with E-state index in [1.165, 1.54) is 30.2 Å². The van der Waals surface area contributed by atoms with Crippen molar-refractivity contribution in [3.63, 3.8) is 0 Å². The fourth-order valence-electron chi connectivity index (χ4n) is 5.84. The van der Waals surface area contributed by atoms with Gasteiger partial charge in [0.15, 0.2) is 0 Å². The minimum absolute atomic E-state index is 0.0316. The van der Waals surface area contributed by atoms with E-state index >= 15 is 0 Å². The van der Waals surface area contributed by atoms with E-state index in [1.54, 1.807) is 0 Å². The second kappa shape index (κ2) is 7.85. The predicted molar refractivity (Wildman–Crippen MR) is 120 cm³/mol. The van der Waals surface area contributed by atoms with E-state index < -0.39 is 0 Å². The highest BCUT2D eigenvalue weighted by atomic mass is 35.5. The van der Waals surface area contributed by atoms with Crippen LogP contribution in [-0.2, 0) is 28.8 Å². The van der Waals surface area contributed by atoms with Gasteiger partial charge in [-0.1, -0.05) is 47.5 Å². The number of benzene rings is 2. The average molecular weight is 444 g/mol. The second-order valence-electron chi connectivity index (χ2n) is 9.32. The summed E-state index contributed by atoms with van der Waals surface area (Å²) in [7, 11) is 1.49. The molecule has 2 aliphatic carbocycles. The topological polar surface area (TPSA) is 29.5 Å². The molecule has 0 bridgehead atoms. The number of hydrogen-bond acceptors (Lipinski definition) is 3. The van der Waals surface area contributed by atoms with Crippen molar-refractivity contribution in [1.82, 2.24) is 4.90 Å². The zero-order chi connectivity index (χ0) is 20.9. The molecule has 30 heavy (non-hydrogen) atoms. The summed E-state index contributed by atoms with van der Waals surface area (Å²) in [6, 6.07) is 13.2. The van der Waals surface area contributed by atoms with Crippen LogP contribution < -0.4 is 0 Å². The number of nitrogens with zero attached hydrogens (tertiary/aromatic N) is 1. The molecule has 1 unspecified atom stereocenters. The number of halogens is 2. The minimum Gasteiger partial charge on any atom is -0.469 e. The maximum absolute atomic E-state index is 11.7. The molecule has 1 saturated heterocycles.